The van der Waals surface area contributed by atoms with E-state index in [4.69, 9.17) is 21.4 Å². The van der Waals surface area contributed by atoms with Crippen LogP contribution in [0.2, 0.25) is 5.02 Å². The van der Waals surface area contributed by atoms with Gasteiger partial charge in [-0.3, -0.25) is 4.79 Å². The summed E-state index contributed by atoms with van der Waals surface area (Å²) in [6, 6.07) is 4.42. The number of ether oxygens (including phenoxy) is 1. The largest absolute Gasteiger partial charge is 0.481 e. The lowest BCUT2D eigenvalue weighted by molar-refractivity contribution is -0.123. The highest BCUT2D eigenvalue weighted by Gasteiger charge is 2.22. The minimum Gasteiger partial charge on any atom is -0.481 e. The van der Waals surface area contributed by atoms with Crippen LogP contribution in [0.1, 0.15) is 23.2 Å². The Morgan fingerprint density at radius 3 is 2.79 bits per heavy atom. The van der Waals surface area contributed by atoms with Gasteiger partial charge in [-0.1, -0.05) is 17.7 Å². The van der Waals surface area contributed by atoms with Gasteiger partial charge in [-0.2, -0.15) is 0 Å². The first-order valence-electron chi connectivity index (χ1n) is 5.99. The van der Waals surface area contributed by atoms with Crippen LogP contribution in [-0.4, -0.2) is 30.1 Å². The molecule has 0 atom stereocenters. The number of carboxylic acids is 1. The average Bonchev–Trinajstić information content (AvgIpc) is 3.18. The predicted molar refractivity (Wildman–Crippen MR) is 69.6 cm³/mol. The first-order chi connectivity index (χ1) is 9.08. The third-order valence-electron chi connectivity index (χ3n) is 2.83. The summed E-state index contributed by atoms with van der Waals surface area (Å²) < 4.78 is 5.22. The Morgan fingerprint density at radius 2 is 2.16 bits per heavy atom. The molecule has 6 heteroatoms. The highest BCUT2D eigenvalue weighted by Crippen LogP contribution is 2.29. The Hall–Kier alpha value is -1.75. The molecule has 1 aromatic carbocycles. The summed E-state index contributed by atoms with van der Waals surface area (Å²) in [6.45, 7) is 0.410. The van der Waals surface area contributed by atoms with Crippen molar-refractivity contribution in [2.24, 2.45) is 5.92 Å². The molecule has 0 aromatic heterocycles. The topological polar surface area (TPSA) is 75.6 Å². The number of amides is 1. The van der Waals surface area contributed by atoms with Crippen LogP contribution in [-0.2, 0) is 4.79 Å². The molecule has 1 amide bonds. The van der Waals surface area contributed by atoms with Gasteiger partial charge in [0, 0.05) is 6.54 Å². The lowest BCUT2D eigenvalue weighted by Gasteiger charge is -2.10. The van der Waals surface area contributed by atoms with Crippen molar-refractivity contribution in [3.63, 3.8) is 0 Å². The molecule has 102 valence electrons. The number of carboxylic acid groups (broad SMARTS) is 1. The third-order valence-corrected chi connectivity index (χ3v) is 3.13. The van der Waals surface area contributed by atoms with Crippen molar-refractivity contribution in [2.75, 3.05) is 13.2 Å². The van der Waals surface area contributed by atoms with E-state index >= 15 is 0 Å². The Labute approximate surface area is 115 Å². The van der Waals surface area contributed by atoms with Crippen molar-refractivity contribution in [2.45, 2.75) is 12.8 Å². The molecule has 1 aliphatic carbocycles. The van der Waals surface area contributed by atoms with Gasteiger partial charge in [0.05, 0.1) is 5.02 Å². The standard InChI is InChI=1S/C13H14ClNO4/c14-10-3-1-2-9(13(17)18)12(10)19-7-11(16)15-6-8-4-5-8/h1-3,8H,4-7H2,(H,15,16)(H,17,18). The Bertz CT molecular complexity index is 499. The van der Waals surface area contributed by atoms with Gasteiger partial charge in [0.15, 0.2) is 12.4 Å². The van der Waals surface area contributed by atoms with Crippen molar-refractivity contribution in [3.8, 4) is 5.75 Å². The van der Waals surface area contributed by atoms with Crippen LogP contribution in [0, 0.1) is 5.92 Å². The monoisotopic (exact) mass is 283 g/mol. The zero-order valence-corrected chi connectivity index (χ0v) is 10.9. The van der Waals surface area contributed by atoms with Gasteiger partial charge in [0.2, 0.25) is 0 Å². The van der Waals surface area contributed by atoms with Crippen LogP contribution in [0.5, 0.6) is 5.75 Å². The number of hydrogen-bond donors (Lipinski definition) is 2. The number of carbonyl (C=O) groups is 2. The fraction of sp³-hybridized carbons (Fsp3) is 0.385. The molecule has 0 aliphatic heterocycles. The summed E-state index contributed by atoms with van der Waals surface area (Å²) >= 11 is 5.87. The minimum absolute atomic E-state index is 0.0261. The van der Waals surface area contributed by atoms with Gasteiger partial charge in [0.1, 0.15) is 5.56 Å². The number of rotatable bonds is 6. The zero-order chi connectivity index (χ0) is 13.8. The molecular weight excluding hydrogens is 270 g/mol. The highest BCUT2D eigenvalue weighted by molar-refractivity contribution is 6.32. The van der Waals surface area contributed by atoms with Crippen LogP contribution >= 0.6 is 11.6 Å². The van der Waals surface area contributed by atoms with Crippen LogP contribution in [0.25, 0.3) is 0 Å². The van der Waals surface area contributed by atoms with E-state index in [-0.39, 0.29) is 28.8 Å². The Morgan fingerprint density at radius 1 is 1.42 bits per heavy atom. The molecule has 1 saturated carbocycles. The molecule has 1 fully saturated rings. The summed E-state index contributed by atoms with van der Waals surface area (Å²) in [5.41, 5.74) is -0.0532. The first-order valence-corrected chi connectivity index (χ1v) is 6.37. The molecule has 1 aromatic rings. The van der Waals surface area contributed by atoms with Crippen molar-refractivity contribution >= 4 is 23.5 Å². The normalized spacial score (nSPS) is 13.9. The van der Waals surface area contributed by atoms with Gasteiger partial charge in [-0.25, -0.2) is 4.79 Å². The lowest BCUT2D eigenvalue weighted by Crippen LogP contribution is -2.30. The molecular formula is C13H14ClNO4. The second-order valence-electron chi connectivity index (χ2n) is 4.46. The number of benzene rings is 1. The molecule has 0 saturated heterocycles. The van der Waals surface area contributed by atoms with Crippen LogP contribution in [0.3, 0.4) is 0 Å². The smallest absolute Gasteiger partial charge is 0.339 e. The molecule has 0 unspecified atom stereocenters. The number of aromatic carboxylic acids is 1. The van der Waals surface area contributed by atoms with E-state index in [2.05, 4.69) is 5.32 Å². The maximum atomic E-state index is 11.5. The maximum absolute atomic E-state index is 11.5. The number of halogens is 1. The highest BCUT2D eigenvalue weighted by atomic mass is 35.5. The minimum atomic E-state index is -1.14. The zero-order valence-electron chi connectivity index (χ0n) is 10.2. The number of para-hydroxylation sites is 1. The maximum Gasteiger partial charge on any atom is 0.339 e. The molecule has 0 spiro atoms. The lowest BCUT2D eigenvalue weighted by atomic mass is 10.2. The number of carbonyl (C=O) groups excluding carboxylic acids is 1. The van der Waals surface area contributed by atoms with E-state index in [0.717, 1.165) is 12.8 Å². The van der Waals surface area contributed by atoms with Crippen LogP contribution in [0.4, 0.5) is 0 Å². The molecule has 2 rings (SSSR count). The van der Waals surface area contributed by atoms with E-state index < -0.39 is 5.97 Å². The van der Waals surface area contributed by atoms with Gasteiger partial charge < -0.3 is 15.2 Å². The van der Waals surface area contributed by atoms with E-state index in [1.165, 1.54) is 18.2 Å². The van der Waals surface area contributed by atoms with E-state index in [0.29, 0.717) is 12.5 Å². The quantitative estimate of drug-likeness (QED) is 0.836. The number of nitrogens with one attached hydrogen (secondary N) is 1. The Balaban J connectivity index is 1.94. The number of hydrogen-bond acceptors (Lipinski definition) is 3. The van der Waals surface area contributed by atoms with Crippen molar-refractivity contribution in [3.05, 3.63) is 28.8 Å². The van der Waals surface area contributed by atoms with Crippen molar-refractivity contribution in [1.82, 2.24) is 5.32 Å². The summed E-state index contributed by atoms with van der Waals surface area (Å²) in [5, 5.41) is 11.9. The molecule has 0 radical (unpaired) electrons. The Kier molecular flexibility index (Phi) is 4.27. The molecule has 0 heterocycles. The average molecular weight is 284 g/mol. The van der Waals surface area contributed by atoms with Crippen LogP contribution in [0.15, 0.2) is 18.2 Å². The molecule has 19 heavy (non-hydrogen) atoms. The fourth-order valence-electron chi connectivity index (χ4n) is 1.59. The van der Waals surface area contributed by atoms with Crippen LogP contribution < -0.4 is 10.1 Å². The predicted octanol–water partition coefficient (Wildman–Crippen LogP) is 1.94. The third kappa shape index (κ3) is 3.86. The molecule has 5 nitrogen and oxygen atoms in total. The SMILES string of the molecule is O=C(COc1c(Cl)cccc1C(=O)O)NCC1CC1. The van der Waals surface area contributed by atoms with Gasteiger partial charge >= 0.3 is 5.97 Å². The van der Waals surface area contributed by atoms with E-state index in [1.54, 1.807) is 0 Å². The molecule has 1 aliphatic rings. The summed E-state index contributed by atoms with van der Waals surface area (Å²) in [4.78, 5) is 22.5. The second kappa shape index (κ2) is 5.93. The van der Waals surface area contributed by atoms with Gasteiger partial charge in [-0.05, 0) is 30.9 Å². The summed E-state index contributed by atoms with van der Waals surface area (Å²) in [5.74, 6) is -0.809. The van der Waals surface area contributed by atoms with Crippen molar-refractivity contribution in [1.29, 1.82) is 0 Å². The second-order valence-corrected chi connectivity index (χ2v) is 4.87. The summed E-state index contributed by atoms with van der Waals surface area (Å²) in [6.07, 6.45) is 2.30. The van der Waals surface area contributed by atoms with Gasteiger partial charge in [0.25, 0.3) is 5.91 Å². The van der Waals surface area contributed by atoms with Gasteiger partial charge in [-0.15, -0.1) is 0 Å². The van der Waals surface area contributed by atoms with Crippen molar-refractivity contribution < 1.29 is 19.4 Å². The first kappa shape index (κ1) is 13.7. The summed E-state index contributed by atoms with van der Waals surface area (Å²) in [7, 11) is 0. The van der Waals surface area contributed by atoms with E-state index in [9.17, 15) is 9.59 Å². The fourth-order valence-corrected chi connectivity index (χ4v) is 1.82. The molecule has 0 bridgehead atoms. The molecule has 2 N–H and O–H groups in total. The van der Waals surface area contributed by atoms with E-state index in [1.807, 2.05) is 0 Å².